The van der Waals surface area contributed by atoms with Crippen LogP contribution in [0.2, 0.25) is 0 Å². The van der Waals surface area contributed by atoms with Crippen molar-refractivity contribution < 1.29 is 22.8 Å². The van der Waals surface area contributed by atoms with Crippen LogP contribution in [0.5, 0.6) is 0 Å². The summed E-state index contributed by atoms with van der Waals surface area (Å²) >= 11 is 0. The van der Waals surface area contributed by atoms with E-state index in [-0.39, 0.29) is 24.2 Å². The molecule has 1 aromatic heterocycles. The third-order valence-corrected chi connectivity index (χ3v) is 4.55. The first-order valence-corrected chi connectivity index (χ1v) is 8.72. The van der Waals surface area contributed by atoms with Gasteiger partial charge in [-0.15, -0.1) is 0 Å². The normalized spacial score (nSPS) is 15.4. The molecule has 0 radical (unpaired) electrons. The van der Waals surface area contributed by atoms with Crippen molar-refractivity contribution in [1.29, 1.82) is 0 Å². The van der Waals surface area contributed by atoms with Gasteiger partial charge in [-0.25, -0.2) is 0 Å². The van der Waals surface area contributed by atoms with Gasteiger partial charge in [0, 0.05) is 22.9 Å². The van der Waals surface area contributed by atoms with Crippen LogP contribution in [-0.2, 0) is 17.5 Å². The third kappa shape index (κ3) is 4.56. The van der Waals surface area contributed by atoms with Crippen molar-refractivity contribution in [2.75, 3.05) is 5.32 Å². The van der Waals surface area contributed by atoms with Crippen LogP contribution in [-0.4, -0.2) is 21.5 Å². The van der Waals surface area contributed by atoms with Crippen molar-refractivity contribution >= 4 is 17.4 Å². The van der Waals surface area contributed by atoms with Crippen LogP contribution in [0.1, 0.15) is 54.4 Å². The van der Waals surface area contributed by atoms with Gasteiger partial charge in [-0.3, -0.25) is 14.3 Å². The van der Waals surface area contributed by atoms with E-state index < -0.39 is 17.8 Å². The van der Waals surface area contributed by atoms with Gasteiger partial charge in [0.05, 0.1) is 12.5 Å². The lowest BCUT2D eigenvalue weighted by atomic mass is 10.1. The number of carbonyl (C=O) groups excluding carboxylic acids is 2. The van der Waals surface area contributed by atoms with Crippen molar-refractivity contribution in [1.82, 2.24) is 9.78 Å². The summed E-state index contributed by atoms with van der Waals surface area (Å²) in [5, 5.41) is 6.39. The van der Waals surface area contributed by atoms with Gasteiger partial charge in [0.1, 0.15) is 0 Å². The summed E-state index contributed by atoms with van der Waals surface area (Å²) in [5.41, 5.74) is 0.673. The summed E-state index contributed by atoms with van der Waals surface area (Å²) in [6.07, 6.45) is -2.82. The number of halogens is 3. The molecule has 27 heavy (non-hydrogen) atoms. The summed E-state index contributed by atoms with van der Waals surface area (Å²) in [5.74, 6) is -0.886. The van der Waals surface area contributed by atoms with E-state index >= 15 is 0 Å². The highest BCUT2D eigenvalue weighted by atomic mass is 19.4. The molecule has 5 nitrogen and oxygen atoms in total. The van der Waals surface area contributed by atoms with Crippen molar-refractivity contribution in [3.8, 4) is 0 Å². The molecule has 0 unspecified atom stereocenters. The molecule has 1 saturated carbocycles. The fourth-order valence-electron chi connectivity index (χ4n) is 2.82. The van der Waals surface area contributed by atoms with Gasteiger partial charge in [0.25, 0.3) is 0 Å². The number of nitrogens with zero attached hydrogens (tertiary/aromatic N) is 2. The Balaban J connectivity index is 1.69. The molecule has 1 aliphatic rings. The molecule has 1 N–H and O–H groups in total. The smallest absolute Gasteiger partial charge is 0.326 e. The summed E-state index contributed by atoms with van der Waals surface area (Å²) in [6.45, 7) is 3.16. The molecule has 0 aliphatic heterocycles. The number of anilines is 1. The molecule has 8 heteroatoms. The van der Waals surface area contributed by atoms with E-state index in [1.807, 2.05) is 0 Å². The van der Waals surface area contributed by atoms with Crippen LogP contribution in [0.3, 0.4) is 0 Å². The Bertz CT molecular complexity index is 852. The second kappa shape index (κ2) is 7.17. The zero-order valence-corrected chi connectivity index (χ0v) is 15.0. The van der Waals surface area contributed by atoms with Crippen molar-refractivity contribution in [3.05, 3.63) is 47.3 Å². The standard InChI is InChI=1S/C19H20F3N3O2/c1-11(18(27)23-15-7-5-13(6-8-15)12(2)26)10-25-16(14-3-4-14)9-17(24-25)19(20,21)22/h5-9,11,14H,3-4,10H2,1-2H3,(H,23,27)/t11-/m1/s1. The van der Waals surface area contributed by atoms with Gasteiger partial charge in [0.2, 0.25) is 5.91 Å². The number of nitrogens with one attached hydrogen (secondary N) is 1. The molecule has 0 bridgehead atoms. The minimum absolute atomic E-state index is 0.0687. The van der Waals surface area contributed by atoms with E-state index in [9.17, 15) is 22.8 Å². The first-order chi connectivity index (χ1) is 12.6. The first-order valence-electron chi connectivity index (χ1n) is 8.72. The average molecular weight is 379 g/mol. The van der Waals surface area contributed by atoms with Crippen LogP contribution in [0.25, 0.3) is 0 Å². The van der Waals surface area contributed by atoms with E-state index in [4.69, 9.17) is 0 Å². The zero-order chi connectivity index (χ0) is 19.8. The van der Waals surface area contributed by atoms with Gasteiger partial charge in [-0.05, 0) is 50.1 Å². The quantitative estimate of drug-likeness (QED) is 0.763. The number of hydrogen-bond donors (Lipinski definition) is 1. The Hall–Kier alpha value is -2.64. The van der Waals surface area contributed by atoms with Crippen molar-refractivity contribution in [3.63, 3.8) is 0 Å². The molecule has 1 aliphatic carbocycles. The van der Waals surface area contributed by atoms with Crippen LogP contribution in [0.15, 0.2) is 30.3 Å². The van der Waals surface area contributed by atoms with E-state index in [0.717, 1.165) is 18.9 Å². The Morgan fingerprint density at radius 2 is 1.89 bits per heavy atom. The van der Waals surface area contributed by atoms with E-state index in [1.165, 1.54) is 11.6 Å². The monoisotopic (exact) mass is 379 g/mol. The molecule has 3 rings (SSSR count). The maximum Gasteiger partial charge on any atom is 0.435 e. The number of hydrogen-bond acceptors (Lipinski definition) is 3. The van der Waals surface area contributed by atoms with E-state index in [0.29, 0.717) is 16.9 Å². The van der Waals surface area contributed by atoms with Crippen LogP contribution in [0, 0.1) is 5.92 Å². The molecule has 1 heterocycles. The molecule has 0 saturated heterocycles. The van der Waals surface area contributed by atoms with Gasteiger partial charge in [0.15, 0.2) is 11.5 Å². The van der Waals surface area contributed by atoms with Gasteiger partial charge >= 0.3 is 6.18 Å². The minimum Gasteiger partial charge on any atom is -0.326 e. The molecule has 1 atom stereocenters. The Morgan fingerprint density at radius 3 is 2.41 bits per heavy atom. The number of ketones is 1. The zero-order valence-electron chi connectivity index (χ0n) is 15.0. The highest BCUT2D eigenvalue weighted by molar-refractivity contribution is 5.96. The van der Waals surface area contributed by atoms with Gasteiger partial charge in [-0.2, -0.15) is 18.3 Å². The molecule has 1 fully saturated rings. The molecular weight excluding hydrogens is 359 g/mol. The lowest BCUT2D eigenvalue weighted by Crippen LogP contribution is -2.25. The lowest BCUT2D eigenvalue weighted by molar-refractivity contribution is -0.141. The summed E-state index contributed by atoms with van der Waals surface area (Å²) in [7, 11) is 0. The maximum atomic E-state index is 13.0. The lowest BCUT2D eigenvalue weighted by Gasteiger charge is -2.14. The predicted molar refractivity (Wildman–Crippen MR) is 93.4 cm³/mol. The molecule has 2 aromatic rings. The minimum atomic E-state index is -4.50. The van der Waals surface area contributed by atoms with Crippen LogP contribution < -0.4 is 5.32 Å². The second-order valence-corrected chi connectivity index (χ2v) is 6.93. The molecule has 1 aromatic carbocycles. The summed E-state index contributed by atoms with van der Waals surface area (Å²) < 4.78 is 40.2. The maximum absolute atomic E-state index is 13.0. The van der Waals surface area contributed by atoms with Crippen LogP contribution in [0.4, 0.5) is 18.9 Å². The number of rotatable bonds is 6. The van der Waals surface area contributed by atoms with Gasteiger partial charge < -0.3 is 5.32 Å². The fourth-order valence-corrected chi connectivity index (χ4v) is 2.82. The third-order valence-electron chi connectivity index (χ3n) is 4.55. The number of benzene rings is 1. The van der Waals surface area contributed by atoms with E-state index in [2.05, 4.69) is 10.4 Å². The molecular formula is C19H20F3N3O2. The van der Waals surface area contributed by atoms with E-state index in [1.54, 1.807) is 31.2 Å². The predicted octanol–water partition coefficient (Wildman–Crippen LogP) is 4.26. The summed E-state index contributed by atoms with van der Waals surface area (Å²) in [6, 6.07) is 7.54. The topological polar surface area (TPSA) is 64.0 Å². The average Bonchev–Trinajstić information content (AvgIpc) is 3.34. The Morgan fingerprint density at radius 1 is 1.26 bits per heavy atom. The number of Topliss-reactive ketones (excluding diaryl/α,β-unsaturated/α-hetero) is 1. The summed E-state index contributed by atoms with van der Waals surface area (Å²) in [4.78, 5) is 23.7. The molecule has 0 spiro atoms. The molecule has 144 valence electrons. The highest BCUT2D eigenvalue weighted by Gasteiger charge is 2.38. The number of alkyl halides is 3. The number of amides is 1. The largest absolute Gasteiger partial charge is 0.435 e. The Kier molecular flexibility index (Phi) is 5.08. The fraction of sp³-hybridized carbons (Fsp3) is 0.421. The van der Waals surface area contributed by atoms with Crippen molar-refractivity contribution in [2.24, 2.45) is 5.92 Å². The van der Waals surface area contributed by atoms with Gasteiger partial charge in [-0.1, -0.05) is 6.92 Å². The Labute approximate surface area is 154 Å². The van der Waals surface area contributed by atoms with Crippen molar-refractivity contribution in [2.45, 2.75) is 45.3 Å². The first kappa shape index (κ1) is 19.1. The number of carbonyl (C=O) groups is 2. The highest BCUT2D eigenvalue weighted by Crippen LogP contribution is 2.42. The van der Waals surface area contributed by atoms with Crippen LogP contribution >= 0.6 is 0 Å². The SMILES string of the molecule is CC(=O)c1ccc(NC(=O)[C@H](C)Cn2nc(C(F)(F)F)cc2C2CC2)cc1. The second-order valence-electron chi connectivity index (χ2n) is 6.93. The molecule has 1 amide bonds. The number of aromatic nitrogens is 2.